The monoisotopic (exact) mass is 427 g/mol. The van der Waals surface area contributed by atoms with Gasteiger partial charge in [0.05, 0.1) is 22.7 Å². The molecule has 0 aliphatic heterocycles. The molecular weight excluding hydrogens is 415 g/mol. The van der Waals surface area contributed by atoms with Crippen molar-refractivity contribution in [3.05, 3.63) is 59.1 Å². The van der Waals surface area contributed by atoms with Gasteiger partial charge in [0, 0.05) is 5.02 Å². The summed E-state index contributed by atoms with van der Waals surface area (Å²) in [5.41, 5.74) is 1.02. The number of nitrogens with one attached hydrogen (secondary N) is 2. The average molecular weight is 428 g/mol. The molecular formula is C18H13ClF3N3O2S. The van der Waals surface area contributed by atoms with Crippen LogP contribution in [0.3, 0.4) is 0 Å². The molecule has 2 aromatic carbocycles. The summed E-state index contributed by atoms with van der Waals surface area (Å²) in [6, 6.07) is 11.9. The topological polar surface area (TPSA) is 71.1 Å². The largest absolute Gasteiger partial charge is 0.471 e. The number of nitrogens with zero attached hydrogens (tertiary/aromatic N) is 1. The smallest absolute Gasteiger partial charge is 0.341 e. The third-order valence-corrected chi connectivity index (χ3v) is 4.97. The van der Waals surface area contributed by atoms with Crippen molar-refractivity contribution in [2.45, 2.75) is 18.6 Å². The van der Waals surface area contributed by atoms with Crippen molar-refractivity contribution in [1.82, 2.24) is 10.3 Å². The molecule has 10 heteroatoms. The molecule has 0 aliphatic rings. The van der Waals surface area contributed by atoms with Gasteiger partial charge in [-0.05, 0) is 29.8 Å². The van der Waals surface area contributed by atoms with Gasteiger partial charge in [0.1, 0.15) is 0 Å². The third-order valence-electron chi connectivity index (χ3n) is 3.76. The molecule has 1 unspecified atom stereocenters. The van der Waals surface area contributed by atoms with E-state index in [4.69, 9.17) is 11.6 Å². The fraction of sp³-hybridized carbons (Fsp3) is 0.167. The number of halogens is 4. The van der Waals surface area contributed by atoms with E-state index in [0.717, 1.165) is 4.70 Å². The minimum Gasteiger partial charge on any atom is -0.341 e. The Balaban J connectivity index is 1.76. The number of rotatable bonds is 5. The Morgan fingerprint density at radius 1 is 1.11 bits per heavy atom. The zero-order valence-corrected chi connectivity index (χ0v) is 15.7. The second kappa shape index (κ2) is 8.15. The first-order valence-electron chi connectivity index (χ1n) is 8.01. The van der Waals surface area contributed by atoms with E-state index in [0.29, 0.717) is 21.2 Å². The highest BCUT2D eigenvalue weighted by atomic mass is 35.5. The lowest BCUT2D eigenvalue weighted by Gasteiger charge is -2.19. The number of benzene rings is 2. The standard InChI is InChI=1S/C18H13ClF3N3O2S/c19-11-7-5-10(6-8-11)13(23-16(27)18(20,21)22)9-15(26)25-17-24-12-3-1-2-4-14(12)28-17/h1-8,13H,9H2,(H,23,27)(H,24,25,26). The number of amides is 2. The number of fused-ring (bicyclic) bond motifs is 1. The molecule has 28 heavy (non-hydrogen) atoms. The zero-order chi connectivity index (χ0) is 20.3. The van der Waals surface area contributed by atoms with Crippen LogP contribution in [0.1, 0.15) is 18.0 Å². The van der Waals surface area contributed by atoms with E-state index in [-0.39, 0.29) is 0 Å². The van der Waals surface area contributed by atoms with Crippen molar-refractivity contribution in [2.75, 3.05) is 5.32 Å². The van der Waals surface area contributed by atoms with Gasteiger partial charge < -0.3 is 10.6 Å². The van der Waals surface area contributed by atoms with Crippen LogP contribution < -0.4 is 10.6 Å². The number of hydrogen-bond acceptors (Lipinski definition) is 4. The third kappa shape index (κ3) is 4.99. The Hall–Kier alpha value is -2.65. The van der Waals surface area contributed by atoms with Gasteiger partial charge in [-0.25, -0.2) is 4.98 Å². The Bertz CT molecular complexity index is 972. The number of carbonyl (C=O) groups is 2. The van der Waals surface area contributed by atoms with E-state index in [2.05, 4.69) is 10.3 Å². The van der Waals surface area contributed by atoms with Crippen molar-refractivity contribution in [3.8, 4) is 0 Å². The molecule has 0 saturated heterocycles. The first kappa shape index (κ1) is 20.1. The molecule has 0 saturated carbocycles. The summed E-state index contributed by atoms with van der Waals surface area (Å²) in [4.78, 5) is 28.0. The molecule has 0 bridgehead atoms. The van der Waals surface area contributed by atoms with E-state index < -0.39 is 30.5 Å². The van der Waals surface area contributed by atoms with Crippen LogP contribution in [-0.2, 0) is 9.59 Å². The predicted molar refractivity (Wildman–Crippen MR) is 101 cm³/mol. The summed E-state index contributed by atoms with van der Waals surface area (Å²) in [5.74, 6) is -2.71. The van der Waals surface area contributed by atoms with Gasteiger partial charge in [0.25, 0.3) is 0 Å². The second-order valence-corrected chi connectivity index (χ2v) is 7.28. The van der Waals surface area contributed by atoms with Crippen LogP contribution >= 0.6 is 22.9 Å². The lowest BCUT2D eigenvalue weighted by atomic mass is 10.0. The van der Waals surface area contributed by atoms with Gasteiger partial charge >= 0.3 is 12.1 Å². The summed E-state index contributed by atoms with van der Waals surface area (Å²) in [7, 11) is 0. The Morgan fingerprint density at radius 3 is 2.43 bits per heavy atom. The number of carbonyl (C=O) groups excluding carboxylic acids is 2. The lowest BCUT2D eigenvalue weighted by molar-refractivity contribution is -0.174. The van der Waals surface area contributed by atoms with E-state index >= 15 is 0 Å². The maximum Gasteiger partial charge on any atom is 0.471 e. The second-order valence-electron chi connectivity index (χ2n) is 5.81. The van der Waals surface area contributed by atoms with Crippen LogP contribution in [0.25, 0.3) is 10.2 Å². The van der Waals surface area contributed by atoms with Crippen molar-refractivity contribution in [2.24, 2.45) is 0 Å². The molecule has 3 rings (SSSR count). The molecule has 0 spiro atoms. The fourth-order valence-electron chi connectivity index (χ4n) is 2.47. The summed E-state index contributed by atoms with van der Waals surface area (Å²) in [6.07, 6.45) is -5.46. The summed E-state index contributed by atoms with van der Waals surface area (Å²) >= 11 is 7.03. The van der Waals surface area contributed by atoms with Gasteiger partial charge in [-0.15, -0.1) is 0 Å². The Labute approximate surface area is 166 Å². The van der Waals surface area contributed by atoms with Gasteiger partial charge in [-0.3, -0.25) is 9.59 Å². The highest BCUT2D eigenvalue weighted by Gasteiger charge is 2.40. The molecule has 1 heterocycles. The van der Waals surface area contributed by atoms with E-state index in [1.165, 1.54) is 35.6 Å². The molecule has 2 amide bonds. The summed E-state index contributed by atoms with van der Waals surface area (Å²) in [5, 5.41) is 5.12. The number of anilines is 1. The molecule has 1 aromatic heterocycles. The van der Waals surface area contributed by atoms with Crippen LogP contribution in [0.5, 0.6) is 0 Å². The van der Waals surface area contributed by atoms with Crippen LogP contribution in [-0.4, -0.2) is 23.0 Å². The molecule has 0 fully saturated rings. The average Bonchev–Trinajstić information content (AvgIpc) is 3.03. The van der Waals surface area contributed by atoms with E-state index in [1.807, 2.05) is 17.4 Å². The molecule has 5 nitrogen and oxygen atoms in total. The normalized spacial score (nSPS) is 12.6. The number of para-hydroxylation sites is 1. The minimum atomic E-state index is -5.06. The quantitative estimate of drug-likeness (QED) is 0.620. The zero-order valence-electron chi connectivity index (χ0n) is 14.1. The van der Waals surface area contributed by atoms with Crippen molar-refractivity contribution in [1.29, 1.82) is 0 Å². The van der Waals surface area contributed by atoms with Crippen molar-refractivity contribution in [3.63, 3.8) is 0 Å². The van der Waals surface area contributed by atoms with Crippen LogP contribution in [0.2, 0.25) is 5.02 Å². The SMILES string of the molecule is O=C(CC(NC(=O)C(F)(F)F)c1ccc(Cl)cc1)Nc1nc2ccccc2s1. The van der Waals surface area contributed by atoms with Crippen molar-refractivity contribution >= 4 is 50.1 Å². The number of thiazole rings is 1. The van der Waals surface area contributed by atoms with E-state index in [9.17, 15) is 22.8 Å². The summed E-state index contributed by atoms with van der Waals surface area (Å²) < 4.78 is 38.8. The fourth-order valence-corrected chi connectivity index (χ4v) is 3.48. The van der Waals surface area contributed by atoms with Crippen LogP contribution in [0.15, 0.2) is 48.5 Å². The molecule has 146 valence electrons. The molecule has 3 aromatic rings. The Kier molecular flexibility index (Phi) is 5.85. The first-order chi connectivity index (χ1) is 13.2. The molecule has 0 aliphatic carbocycles. The van der Waals surface area contributed by atoms with Crippen LogP contribution in [0.4, 0.5) is 18.3 Å². The summed E-state index contributed by atoms with van der Waals surface area (Å²) in [6.45, 7) is 0. The Morgan fingerprint density at radius 2 is 1.79 bits per heavy atom. The van der Waals surface area contributed by atoms with Crippen LogP contribution in [0, 0.1) is 0 Å². The molecule has 1 atom stereocenters. The predicted octanol–water partition coefficient (Wildman–Crippen LogP) is 4.70. The maximum atomic E-state index is 12.6. The number of hydrogen-bond donors (Lipinski definition) is 2. The van der Waals surface area contributed by atoms with E-state index in [1.54, 1.807) is 12.1 Å². The van der Waals surface area contributed by atoms with Gasteiger partial charge in [0.2, 0.25) is 5.91 Å². The van der Waals surface area contributed by atoms with Gasteiger partial charge in [-0.2, -0.15) is 13.2 Å². The van der Waals surface area contributed by atoms with Gasteiger partial charge in [-0.1, -0.05) is 47.2 Å². The minimum absolute atomic E-state index is 0.321. The first-order valence-corrected chi connectivity index (χ1v) is 9.20. The highest BCUT2D eigenvalue weighted by molar-refractivity contribution is 7.22. The highest BCUT2D eigenvalue weighted by Crippen LogP contribution is 2.27. The lowest BCUT2D eigenvalue weighted by Crippen LogP contribution is -2.40. The maximum absolute atomic E-state index is 12.6. The van der Waals surface area contributed by atoms with Gasteiger partial charge in [0.15, 0.2) is 5.13 Å². The van der Waals surface area contributed by atoms with Crippen molar-refractivity contribution < 1.29 is 22.8 Å². The number of aromatic nitrogens is 1. The number of alkyl halides is 3. The molecule has 0 radical (unpaired) electrons. The molecule has 2 N–H and O–H groups in total.